The highest BCUT2D eigenvalue weighted by molar-refractivity contribution is 7.17. The van der Waals surface area contributed by atoms with Crippen molar-refractivity contribution >= 4 is 39.0 Å². The minimum atomic E-state index is -0.393. The molecule has 9 heteroatoms. The molecule has 0 saturated heterocycles. The van der Waals surface area contributed by atoms with E-state index >= 15 is 0 Å². The Labute approximate surface area is 181 Å². The lowest BCUT2D eigenvalue weighted by Gasteiger charge is -2.14. The summed E-state index contributed by atoms with van der Waals surface area (Å²) in [4.78, 5) is 22.3. The highest BCUT2D eigenvalue weighted by Crippen LogP contribution is 2.39. The third kappa shape index (κ3) is 3.99. The fourth-order valence-electron chi connectivity index (χ4n) is 3.12. The molecule has 158 valence electrons. The number of hydrogen-bond donors (Lipinski definition) is 1. The molecule has 0 radical (unpaired) electrons. The Hall–Kier alpha value is -3.72. The molecule has 0 spiro atoms. The first kappa shape index (κ1) is 20.5. The highest BCUT2D eigenvalue weighted by atomic mass is 32.1. The highest BCUT2D eigenvalue weighted by Gasteiger charge is 2.22. The van der Waals surface area contributed by atoms with Crippen molar-refractivity contribution in [3.8, 4) is 17.2 Å². The van der Waals surface area contributed by atoms with Gasteiger partial charge in [0.1, 0.15) is 11.5 Å². The van der Waals surface area contributed by atoms with E-state index < -0.39 is 5.82 Å². The third-order valence-electron chi connectivity index (χ3n) is 4.53. The molecule has 0 fully saturated rings. The number of ketones is 1. The van der Waals surface area contributed by atoms with E-state index in [1.165, 1.54) is 44.8 Å². The molecule has 2 aromatic carbocycles. The monoisotopic (exact) mass is 439 g/mol. The smallest absolute Gasteiger partial charge is 0.228 e. The first-order chi connectivity index (χ1) is 15.0. The molecule has 1 N–H and O–H groups in total. The van der Waals surface area contributed by atoms with Crippen LogP contribution in [0.4, 0.5) is 16.0 Å². The predicted octanol–water partition coefficient (Wildman–Crippen LogP) is 4.83. The van der Waals surface area contributed by atoms with Crippen LogP contribution in [0.2, 0.25) is 0 Å². The van der Waals surface area contributed by atoms with Crippen molar-refractivity contribution in [1.82, 2.24) is 9.97 Å². The van der Waals surface area contributed by atoms with Crippen molar-refractivity contribution in [2.75, 3.05) is 26.6 Å². The number of nitrogens with zero attached hydrogens (tertiary/aromatic N) is 2. The Kier molecular flexibility index (Phi) is 5.68. The van der Waals surface area contributed by atoms with E-state index in [4.69, 9.17) is 14.2 Å². The number of thiophene rings is 1. The van der Waals surface area contributed by atoms with Crippen LogP contribution >= 0.6 is 11.3 Å². The van der Waals surface area contributed by atoms with E-state index in [-0.39, 0.29) is 17.4 Å². The quantitative estimate of drug-likeness (QED) is 0.413. The van der Waals surface area contributed by atoms with Crippen molar-refractivity contribution in [1.29, 1.82) is 0 Å². The fraction of sp³-hybridized carbons (Fsp3) is 0.136. The van der Waals surface area contributed by atoms with Crippen LogP contribution < -0.4 is 19.5 Å². The average molecular weight is 439 g/mol. The number of ether oxygens (including phenoxy) is 3. The van der Waals surface area contributed by atoms with Gasteiger partial charge in [0, 0.05) is 11.3 Å². The van der Waals surface area contributed by atoms with Gasteiger partial charge in [0.25, 0.3) is 0 Å². The summed E-state index contributed by atoms with van der Waals surface area (Å²) in [6.07, 6.45) is 0. The van der Waals surface area contributed by atoms with Gasteiger partial charge in [0.15, 0.2) is 11.5 Å². The summed E-state index contributed by atoms with van der Waals surface area (Å²) >= 11 is 1.36. The minimum Gasteiger partial charge on any atom is -0.493 e. The topological polar surface area (TPSA) is 82.6 Å². The second kappa shape index (κ2) is 8.57. The zero-order valence-electron chi connectivity index (χ0n) is 16.9. The van der Waals surface area contributed by atoms with Crippen LogP contribution in [0.15, 0.2) is 47.8 Å². The van der Waals surface area contributed by atoms with E-state index in [0.29, 0.717) is 38.7 Å². The number of carbonyl (C=O) groups is 1. The van der Waals surface area contributed by atoms with Crippen LogP contribution in [0.25, 0.3) is 10.2 Å². The van der Waals surface area contributed by atoms with Crippen LogP contribution in [0.1, 0.15) is 16.1 Å². The third-order valence-corrected chi connectivity index (χ3v) is 5.44. The zero-order chi connectivity index (χ0) is 22.0. The van der Waals surface area contributed by atoms with Crippen molar-refractivity contribution in [2.24, 2.45) is 0 Å². The standard InChI is InChI=1S/C22H18FN3O4S/c1-28-16-9-12(10-17(29-2)20(16)30-3)19(27)18-21-15(7-8-31-21)25-22(26-18)24-14-6-4-5-13(23)11-14/h4-11H,1-3H3,(H,24,25,26). The number of benzene rings is 2. The molecule has 0 aliphatic heterocycles. The molecule has 2 heterocycles. The molecule has 0 saturated carbocycles. The first-order valence-electron chi connectivity index (χ1n) is 9.16. The second-order valence-electron chi connectivity index (χ2n) is 6.41. The largest absolute Gasteiger partial charge is 0.493 e. The zero-order valence-corrected chi connectivity index (χ0v) is 17.7. The van der Waals surface area contributed by atoms with E-state index in [1.54, 1.807) is 30.3 Å². The van der Waals surface area contributed by atoms with Crippen molar-refractivity contribution in [3.63, 3.8) is 0 Å². The number of carbonyl (C=O) groups excluding carboxylic acids is 1. The van der Waals surface area contributed by atoms with Gasteiger partial charge in [-0.2, -0.15) is 0 Å². The molecule has 0 unspecified atom stereocenters. The van der Waals surface area contributed by atoms with E-state index in [9.17, 15) is 9.18 Å². The summed E-state index contributed by atoms with van der Waals surface area (Å²) in [6.45, 7) is 0. The van der Waals surface area contributed by atoms with Crippen molar-refractivity contribution in [3.05, 3.63) is 64.9 Å². The molecule has 7 nitrogen and oxygen atoms in total. The Balaban J connectivity index is 1.80. The van der Waals surface area contributed by atoms with Gasteiger partial charge in [-0.15, -0.1) is 11.3 Å². The van der Waals surface area contributed by atoms with Crippen LogP contribution in [0, 0.1) is 5.82 Å². The normalized spacial score (nSPS) is 10.7. The van der Waals surface area contributed by atoms with Gasteiger partial charge in [-0.3, -0.25) is 4.79 Å². The number of anilines is 2. The SMILES string of the molecule is COc1cc(C(=O)c2nc(Nc3cccc(F)c3)nc3ccsc23)cc(OC)c1OC. The molecular weight excluding hydrogens is 421 g/mol. The molecule has 31 heavy (non-hydrogen) atoms. The molecule has 0 atom stereocenters. The summed E-state index contributed by atoms with van der Waals surface area (Å²) in [7, 11) is 4.45. The van der Waals surface area contributed by atoms with E-state index in [0.717, 1.165) is 0 Å². The van der Waals surface area contributed by atoms with Gasteiger partial charge in [0.2, 0.25) is 17.5 Å². The number of nitrogens with one attached hydrogen (secondary N) is 1. The fourth-order valence-corrected chi connectivity index (χ4v) is 3.93. The summed E-state index contributed by atoms with van der Waals surface area (Å²) in [5.41, 5.74) is 1.61. The maximum Gasteiger partial charge on any atom is 0.228 e. The van der Waals surface area contributed by atoms with Crippen LogP contribution in [0.5, 0.6) is 17.2 Å². The molecule has 0 aliphatic rings. The molecular formula is C22H18FN3O4S. The Morgan fingerprint density at radius 2 is 1.74 bits per heavy atom. The Morgan fingerprint density at radius 3 is 2.39 bits per heavy atom. The average Bonchev–Trinajstić information content (AvgIpc) is 3.25. The van der Waals surface area contributed by atoms with Gasteiger partial charge in [-0.05, 0) is 41.8 Å². The Bertz CT molecular complexity index is 1250. The molecule has 2 aromatic heterocycles. The lowest BCUT2D eigenvalue weighted by Crippen LogP contribution is -2.09. The van der Waals surface area contributed by atoms with Gasteiger partial charge in [0.05, 0.1) is 31.5 Å². The maximum absolute atomic E-state index is 13.5. The summed E-state index contributed by atoms with van der Waals surface area (Å²) in [5.74, 6) is 0.567. The number of halogens is 1. The van der Waals surface area contributed by atoms with Crippen LogP contribution in [-0.2, 0) is 0 Å². The first-order valence-corrected chi connectivity index (χ1v) is 10.0. The number of aromatic nitrogens is 2. The van der Waals surface area contributed by atoms with E-state index in [2.05, 4.69) is 15.3 Å². The van der Waals surface area contributed by atoms with Crippen LogP contribution in [0.3, 0.4) is 0 Å². The molecule has 4 aromatic rings. The summed E-state index contributed by atoms with van der Waals surface area (Å²) in [5, 5.41) is 4.79. The number of rotatable bonds is 7. The summed E-state index contributed by atoms with van der Waals surface area (Å²) in [6, 6.07) is 10.9. The molecule has 4 rings (SSSR count). The number of hydrogen-bond acceptors (Lipinski definition) is 8. The van der Waals surface area contributed by atoms with Gasteiger partial charge >= 0.3 is 0 Å². The lowest BCUT2D eigenvalue weighted by atomic mass is 10.1. The molecule has 0 aliphatic carbocycles. The van der Waals surface area contributed by atoms with Gasteiger partial charge in [-0.25, -0.2) is 14.4 Å². The number of methoxy groups -OCH3 is 3. The predicted molar refractivity (Wildman–Crippen MR) is 117 cm³/mol. The molecule has 0 amide bonds. The van der Waals surface area contributed by atoms with Crippen LogP contribution in [-0.4, -0.2) is 37.1 Å². The van der Waals surface area contributed by atoms with Crippen molar-refractivity contribution in [2.45, 2.75) is 0 Å². The second-order valence-corrected chi connectivity index (χ2v) is 7.33. The van der Waals surface area contributed by atoms with E-state index in [1.807, 2.05) is 5.38 Å². The summed E-state index contributed by atoms with van der Waals surface area (Å²) < 4.78 is 30.2. The maximum atomic E-state index is 13.5. The van der Waals surface area contributed by atoms with Crippen molar-refractivity contribution < 1.29 is 23.4 Å². The minimum absolute atomic E-state index is 0.187. The molecule has 0 bridgehead atoms. The Morgan fingerprint density at radius 1 is 1.00 bits per heavy atom. The van der Waals surface area contributed by atoms with Gasteiger partial charge in [-0.1, -0.05) is 6.07 Å². The number of fused-ring (bicyclic) bond motifs is 1. The lowest BCUT2D eigenvalue weighted by molar-refractivity contribution is 0.103. The van der Waals surface area contributed by atoms with Gasteiger partial charge < -0.3 is 19.5 Å².